The highest BCUT2D eigenvalue weighted by Gasteiger charge is 2.25. The van der Waals surface area contributed by atoms with Crippen LogP contribution in [0, 0.1) is 5.41 Å². The summed E-state index contributed by atoms with van der Waals surface area (Å²) < 4.78 is 9.37. The van der Waals surface area contributed by atoms with Gasteiger partial charge in [0.15, 0.2) is 5.82 Å². The van der Waals surface area contributed by atoms with E-state index in [2.05, 4.69) is 15.2 Å². The summed E-state index contributed by atoms with van der Waals surface area (Å²) in [4.78, 5) is 19.1. The Kier molecular flexibility index (Phi) is 6.70. The fraction of sp³-hybridized carbons (Fsp3) is 0.407. The van der Waals surface area contributed by atoms with Gasteiger partial charge in [-0.15, -0.1) is 0 Å². The van der Waals surface area contributed by atoms with E-state index in [-0.39, 0.29) is 18.6 Å². The van der Waals surface area contributed by atoms with Crippen LogP contribution in [-0.2, 0) is 4.74 Å². The first-order valence-electron chi connectivity index (χ1n) is 12.5. The van der Waals surface area contributed by atoms with Crippen molar-refractivity contribution >= 4 is 17.2 Å². The minimum absolute atomic E-state index is 0.00479. The van der Waals surface area contributed by atoms with Crippen LogP contribution in [0.1, 0.15) is 43.1 Å². The van der Waals surface area contributed by atoms with Crippen molar-refractivity contribution in [3.63, 3.8) is 0 Å². The number of carbonyl (C=O) groups excluding carboxylic acids is 1. The second kappa shape index (κ2) is 9.95. The first kappa shape index (κ1) is 24.9. The zero-order chi connectivity index (χ0) is 26.2. The van der Waals surface area contributed by atoms with Crippen molar-refractivity contribution in [3.8, 4) is 22.5 Å². The number of hydrogen-bond acceptors (Lipinski definition) is 7. The second-order valence-electron chi connectivity index (χ2n) is 10.4. The van der Waals surface area contributed by atoms with Crippen LogP contribution in [-0.4, -0.2) is 73.7 Å². The molecule has 1 aliphatic heterocycles. The van der Waals surface area contributed by atoms with Crippen molar-refractivity contribution in [2.24, 2.45) is 5.41 Å². The number of aliphatic hydroxyl groups excluding tert-OH is 1. The molecule has 1 aromatic carbocycles. The Bertz CT molecular complexity index is 1420. The van der Waals surface area contributed by atoms with Crippen molar-refractivity contribution in [1.29, 1.82) is 0 Å². The average Bonchev–Trinajstić information content (AvgIpc) is 3.54. The van der Waals surface area contributed by atoms with E-state index in [1.165, 1.54) is 6.33 Å². The van der Waals surface area contributed by atoms with E-state index in [1.54, 1.807) is 28.7 Å². The fourth-order valence-corrected chi connectivity index (χ4v) is 5.01. The Morgan fingerprint density at radius 2 is 1.97 bits per heavy atom. The van der Waals surface area contributed by atoms with Gasteiger partial charge in [0.1, 0.15) is 11.8 Å². The molecule has 0 saturated carbocycles. The molecule has 3 aromatic heterocycles. The van der Waals surface area contributed by atoms with Crippen molar-refractivity contribution in [2.45, 2.75) is 32.7 Å². The first-order valence-corrected chi connectivity index (χ1v) is 12.5. The van der Waals surface area contributed by atoms with Gasteiger partial charge in [-0.1, -0.05) is 26.0 Å². The summed E-state index contributed by atoms with van der Waals surface area (Å²) in [6.07, 6.45) is 5.02. The molecule has 1 saturated heterocycles. The molecule has 0 unspecified atom stereocenters. The molecule has 5 rings (SSSR count). The molecule has 4 heterocycles. The SMILES string of the molecule is CN(CC(C)(C)CO)C(=O)c1cccc(-c2cc(-c3ccnn3C3CCOCC3)c3c(N)ncnn23)c1. The number of rotatable bonds is 7. The molecule has 1 aliphatic rings. The Morgan fingerprint density at radius 3 is 2.73 bits per heavy atom. The van der Waals surface area contributed by atoms with Crippen LogP contribution in [0.15, 0.2) is 48.9 Å². The van der Waals surface area contributed by atoms with Gasteiger partial charge >= 0.3 is 0 Å². The lowest BCUT2D eigenvalue weighted by atomic mass is 9.94. The Balaban J connectivity index is 1.57. The quantitative estimate of drug-likeness (QED) is 0.397. The number of amides is 1. The number of hydrogen-bond donors (Lipinski definition) is 2. The van der Waals surface area contributed by atoms with Crippen LogP contribution in [0.3, 0.4) is 0 Å². The molecule has 4 aromatic rings. The normalized spacial score (nSPS) is 14.8. The van der Waals surface area contributed by atoms with Gasteiger partial charge in [-0.2, -0.15) is 10.2 Å². The topological polar surface area (TPSA) is 124 Å². The van der Waals surface area contributed by atoms with Gasteiger partial charge in [0.2, 0.25) is 0 Å². The number of carbonyl (C=O) groups is 1. The fourth-order valence-electron chi connectivity index (χ4n) is 5.01. The Hall–Kier alpha value is -3.76. The number of anilines is 1. The molecule has 1 amide bonds. The highest BCUT2D eigenvalue weighted by molar-refractivity contribution is 5.96. The van der Waals surface area contributed by atoms with Crippen LogP contribution < -0.4 is 5.73 Å². The lowest BCUT2D eigenvalue weighted by Crippen LogP contribution is -2.37. The van der Waals surface area contributed by atoms with E-state index in [0.717, 1.165) is 35.4 Å². The molecule has 0 atom stereocenters. The van der Waals surface area contributed by atoms with Gasteiger partial charge in [-0.3, -0.25) is 9.48 Å². The maximum absolute atomic E-state index is 13.2. The molecule has 10 nitrogen and oxygen atoms in total. The molecular formula is C27H33N7O3. The second-order valence-corrected chi connectivity index (χ2v) is 10.4. The summed E-state index contributed by atoms with van der Waals surface area (Å²) in [5, 5.41) is 18.8. The van der Waals surface area contributed by atoms with Crippen LogP contribution in [0.4, 0.5) is 5.82 Å². The van der Waals surface area contributed by atoms with Gasteiger partial charge in [0.05, 0.1) is 17.4 Å². The van der Waals surface area contributed by atoms with Gasteiger partial charge in [0.25, 0.3) is 5.91 Å². The van der Waals surface area contributed by atoms with Crippen LogP contribution >= 0.6 is 0 Å². The van der Waals surface area contributed by atoms with Crippen molar-refractivity contribution in [3.05, 3.63) is 54.5 Å². The molecule has 10 heteroatoms. The summed E-state index contributed by atoms with van der Waals surface area (Å²) in [6, 6.07) is 11.7. The summed E-state index contributed by atoms with van der Waals surface area (Å²) in [5.74, 6) is 0.255. The van der Waals surface area contributed by atoms with Gasteiger partial charge < -0.3 is 20.5 Å². The maximum atomic E-state index is 13.2. The van der Waals surface area contributed by atoms with Crippen LogP contribution in [0.5, 0.6) is 0 Å². The maximum Gasteiger partial charge on any atom is 0.253 e. The van der Waals surface area contributed by atoms with Crippen LogP contribution in [0.2, 0.25) is 0 Å². The minimum atomic E-state index is -0.392. The highest BCUT2D eigenvalue weighted by atomic mass is 16.5. The molecular weight excluding hydrogens is 470 g/mol. The van der Waals surface area contributed by atoms with Gasteiger partial charge in [-0.25, -0.2) is 9.50 Å². The summed E-state index contributed by atoms with van der Waals surface area (Å²) in [6.45, 7) is 5.70. The lowest BCUT2D eigenvalue weighted by Gasteiger charge is -2.28. The number of ether oxygens (including phenoxy) is 1. The number of aliphatic hydroxyl groups is 1. The zero-order valence-corrected chi connectivity index (χ0v) is 21.5. The monoisotopic (exact) mass is 503 g/mol. The van der Waals surface area contributed by atoms with Gasteiger partial charge in [-0.05, 0) is 37.1 Å². The average molecular weight is 504 g/mol. The van der Waals surface area contributed by atoms with E-state index in [9.17, 15) is 9.90 Å². The number of nitrogens with two attached hydrogens (primary N) is 1. The standard InChI is InChI=1S/C27H33N7O3/c1-27(2,16-35)15-32(3)26(36)19-6-4-5-18(13-19)23-14-21(24-25(28)29-17-31-34(23)24)22-7-10-30-33(22)20-8-11-37-12-9-20/h4-7,10,13-14,17,20,35H,8-9,11-12,15-16H2,1-3H3,(H2,28,29,31). The minimum Gasteiger partial charge on any atom is -0.396 e. The molecule has 194 valence electrons. The third-order valence-electron chi connectivity index (χ3n) is 6.91. The number of nitrogens with zero attached hydrogens (tertiary/aromatic N) is 6. The summed E-state index contributed by atoms with van der Waals surface area (Å²) >= 11 is 0. The van der Waals surface area contributed by atoms with E-state index in [0.29, 0.717) is 36.7 Å². The number of nitrogen functional groups attached to an aromatic ring is 1. The lowest BCUT2D eigenvalue weighted by molar-refractivity contribution is 0.0662. The number of benzene rings is 1. The number of aromatic nitrogens is 5. The molecule has 0 radical (unpaired) electrons. The number of fused-ring (bicyclic) bond motifs is 1. The molecule has 0 aliphatic carbocycles. The molecule has 1 fully saturated rings. The molecule has 37 heavy (non-hydrogen) atoms. The van der Waals surface area contributed by atoms with Crippen molar-refractivity contribution in [2.75, 3.05) is 39.1 Å². The molecule has 0 spiro atoms. The van der Waals surface area contributed by atoms with E-state index in [1.807, 2.05) is 48.9 Å². The van der Waals surface area contributed by atoms with Crippen molar-refractivity contribution in [1.82, 2.24) is 29.3 Å². The van der Waals surface area contributed by atoms with E-state index in [4.69, 9.17) is 10.5 Å². The molecule has 3 N–H and O–H groups in total. The van der Waals surface area contributed by atoms with E-state index >= 15 is 0 Å². The van der Waals surface area contributed by atoms with Crippen LogP contribution in [0.25, 0.3) is 28.0 Å². The van der Waals surface area contributed by atoms with Gasteiger partial charge in [0, 0.05) is 61.7 Å². The van der Waals surface area contributed by atoms with Crippen molar-refractivity contribution < 1.29 is 14.6 Å². The highest BCUT2D eigenvalue weighted by Crippen LogP contribution is 2.37. The summed E-state index contributed by atoms with van der Waals surface area (Å²) in [5.41, 5.74) is 10.7. The zero-order valence-electron chi connectivity index (χ0n) is 21.5. The summed E-state index contributed by atoms with van der Waals surface area (Å²) in [7, 11) is 1.75. The largest absolute Gasteiger partial charge is 0.396 e. The Labute approximate surface area is 215 Å². The third-order valence-corrected chi connectivity index (χ3v) is 6.91. The first-order chi connectivity index (χ1) is 17.8. The Morgan fingerprint density at radius 1 is 1.19 bits per heavy atom. The third kappa shape index (κ3) is 4.82. The predicted octanol–water partition coefficient (Wildman–Crippen LogP) is 3.28. The molecule has 0 bridgehead atoms. The van der Waals surface area contributed by atoms with E-state index < -0.39 is 5.41 Å². The predicted molar refractivity (Wildman–Crippen MR) is 141 cm³/mol. The smallest absolute Gasteiger partial charge is 0.253 e.